The molecular formula is C10H20N2OS. The third-order valence-corrected chi connectivity index (χ3v) is 4.12. The molecule has 1 aliphatic rings. The maximum atomic E-state index is 11.2. The summed E-state index contributed by atoms with van der Waals surface area (Å²) >= 11 is 1.95. The average molecular weight is 216 g/mol. The fourth-order valence-corrected chi connectivity index (χ4v) is 2.08. The number of nitrogens with zero attached hydrogens (tertiary/aromatic N) is 1. The first-order valence-electron chi connectivity index (χ1n) is 5.06. The van der Waals surface area contributed by atoms with Gasteiger partial charge in [0, 0.05) is 38.4 Å². The van der Waals surface area contributed by atoms with Crippen LogP contribution in [0, 0.1) is 0 Å². The van der Waals surface area contributed by atoms with Crippen molar-refractivity contribution in [1.82, 2.24) is 10.2 Å². The van der Waals surface area contributed by atoms with Crippen molar-refractivity contribution in [3.05, 3.63) is 0 Å². The Morgan fingerprint density at radius 3 is 2.57 bits per heavy atom. The van der Waals surface area contributed by atoms with E-state index in [2.05, 4.69) is 11.6 Å². The maximum absolute atomic E-state index is 11.2. The molecule has 0 spiro atoms. The van der Waals surface area contributed by atoms with Crippen LogP contribution in [0.15, 0.2) is 0 Å². The first kappa shape index (κ1) is 11.9. The quantitative estimate of drug-likeness (QED) is 0.671. The Kier molecular flexibility index (Phi) is 4.26. The number of nitrogens with one attached hydrogen (secondary N) is 1. The minimum absolute atomic E-state index is 0.200. The van der Waals surface area contributed by atoms with Gasteiger partial charge in [0.15, 0.2) is 0 Å². The Bertz CT molecular complexity index is 202. The molecule has 0 radical (unpaired) electrons. The van der Waals surface area contributed by atoms with Crippen LogP contribution in [-0.4, -0.2) is 49.0 Å². The second kappa shape index (κ2) is 5.03. The number of hydrogen-bond acceptors (Lipinski definition) is 3. The maximum Gasteiger partial charge on any atom is 0.223 e. The van der Waals surface area contributed by atoms with Gasteiger partial charge in [0.25, 0.3) is 0 Å². The van der Waals surface area contributed by atoms with Crippen molar-refractivity contribution in [1.29, 1.82) is 0 Å². The van der Waals surface area contributed by atoms with Crippen LogP contribution in [0.25, 0.3) is 0 Å². The van der Waals surface area contributed by atoms with E-state index < -0.39 is 0 Å². The van der Waals surface area contributed by atoms with E-state index in [1.54, 1.807) is 19.0 Å². The van der Waals surface area contributed by atoms with Crippen molar-refractivity contribution in [3.63, 3.8) is 0 Å². The smallest absolute Gasteiger partial charge is 0.223 e. The predicted molar refractivity (Wildman–Crippen MR) is 61.7 cm³/mol. The van der Waals surface area contributed by atoms with E-state index in [1.165, 1.54) is 12.8 Å². The normalized spacial score (nSPS) is 17.9. The van der Waals surface area contributed by atoms with Gasteiger partial charge >= 0.3 is 0 Å². The highest BCUT2D eigenvalue weighted by molar-refractivity contribution is 8.00. The van der Waals surface area contributed by atoms with Crippen molar-refractivity contribution in [3.8, 4) is 0 Å². The summed E-state index contributed by atoms with van der Waals surface area (Å²) in [5.41, 5.74) is 0. The lowest BCUT2D eigenvalue weighted by atomic mass is 10.3. The second-order valence-electron chi connectivity index (χ2n) is 4.10. The molecule has 0 aliphatic heterocycles. The Morgan fingerprint density at radius 2 is 2.14 bits per heavy atom. The minimum Gasteiger partial charge on any atom is -0.349 e. The molecule has 0 aromatic heterocycles. The molecule has 14 heavy (non-hydrogen) atoms. The summed E-state index contributed by atoms with van der Waals surface area (Å²) in [5, 5.41) is 3.36. The van der Waals surface area contributed by atoms with Crippen molar-refractivity contribution < 1.29 is 4.79 Å². The molecule has 3 nitrogen and oxygen atoms in total. The fourth-order valence-electron chi connectivity index (χ4n) is 1.33. The summed E-state index contributed by atoms with van der Waals surface area (Å²) < 4.78 is 0.501. The van der Waals surface area contributed by atoms with Crippen molar-refractivity contribution in [2.45, 2.75) is 24.0 Å². The first-order chi connectivity index (χ1) is 6.59. The van der Waals surface area contributed by atoms with E-state index in [1.807, 2.05) is 11.8 Å². The van der Waals surface area contributed by atoms with E-state index in [-0.39, 0.29) is 5.91 Å². The second-order valence-corrected chi connectivity index (χ2v) is 5.38. The molecule has 1 fully saturated rings. The summed E-state index contributed by atoms with van der Waals surface area (Å²) in [6.45, 7) is 1.86. The van der Waals surface area contributed by atoms with Gasteiger partial charge in [-0.05, 0) is 19.1 Å². The molecule has 1 aliphatic carbocycles. The first-order valence-corrected chi connectivity index (χ1v) is 6.28. The summed E-state index contributed by atoms with van der Waals surface area (Å²) in [7, 11) is 3.60. The van der Waals surface area contributed by atoms with Crippen LogP contribution < -0.4 is 5.32 Å². The SMILES string of the molecule is CSC1(CNCCC(=O)N(C)C)CC1. The van der Waals surface area contributed by atoms with Gasteiger partial charge in [0.1, 0.15) is 0 Å². The van der Waals surface area contributed by atoms with Gasteiger partial charge in [0.05, 0.1) is 0 Å². The topological polar surface area (TPSA) is 32.3 Å². The largest absolute Gasteiger partial charge is 0.349 e. The number of thioether (sulfide) groups is 1. The van der Waals surface area contributed by atoms with E-state index in [0.29, 0.717) is 11.2 Å². The Balaban J connectivity index is 2.02. The Morgan fingerprint density at radius 1 is 1.50 bits per heavy atom. The molecule has 0 heterocycles. The molecule has 0 atom stereocenters. The van der Waals surface area contributed by atoms with Crippen molar-refractivity contribution in [2.24, 2.45) is 0 Å². The fraction of sp³-hybridized carbons (Fsp3) is 0.900. The van der Waals surface area contributed by atoms with E-state index in [0.717, 1.165) is 13.1 Å². The monoisotopic (exact) mass is 216 g/mol. The molecule has 1 N–H and O–H groups in total. The summed E-state index contributed by atoms with van der Waals surface area (Å²) in [6.07, 6.45) is 5.42. The zero-order valence-corrected chi connectivity index (χ0v) is 10.1. The lowest BCUT2D eigenvalue weighted by molar-refractivity contribution is -0.128. The van der Waals surface area contributed by atoms with Crippen molar-refractivity contribution >= 4 is 17.7 Å². The Labute approximate surface area is 90.6 Å². The zero-order valence-electron chi connectivity index (χ0n) is 9.30. The van der Waals surface area contributed by atoms with E-state index >= 15 is 0 Å². The standard InChI is InChI=1S/C10H20N2OS/c1-12(2)9(13)4-7-11-8-10(14-3)5-6-10/h11H,4-8H2,1-3H3. The van der Waals surface area contributed by atoms with Crippen LogP contribution in [0.4, 0.5) is 0 Å². The van der Waals surface area contributed by atoms with Crippen LogP contribution in [0.3, 0.4) is 0 Å². The van der Waals surface area contributed by atoms with Crippen molar-refractivity contribution in [2.75, 3.05) is 33.4 Å². The molecule has 82 valence electrons. The van der Waals surface area contributed by atoms with Gasteiger partial charge in [-0.2, -0.15) is 11.8 Å². The lowest BCUT2D eigenvalue weighted by Gasteiger charge is -2.14. The highest BCUT2D eigenvalue weighted by Crippen LogP contribution is 2.46. The molecule has 0 aromatic rings. The summed E-state index contributed by atoms with van der Waals surface area (Å²) in [4.78, 5) is 12.9. The molecule has 1 amide bonds. The molecule has 4 heteroatoms. The van der Waals surface area contributed by atoms with Gasteiger partial charge in [-0.1, -0.05) is 0 Å². The molecule has 1 saturated carbocycles. The van der Waals surface area contributed by atoms with Crippen LogP contribution in [0.5, 0.6) is 0 Å². The predicted octanol–water partition coefficient (Wildman–Crippen LogP) is 0.950. The van der Waals surface area contributed by atoms with E-state index in [4.69, 9.17) is 0 Å². The van der Waals surface area contributed by atoms with Gasteiger partial charge in [0.2, 0.25) is 5.91 Å². The number of carbonyl (C=O) groups excluding carboxylic acids is 1. The highest BCUT2D eigenvalue weighted by Gasteiger charge is 2.41. The number of amides is 1. The molecule has 0 aromatic carbocycles. The summed E-state index contributed by atoms with van der Waals surface area (Å²) in [6, 6.07) is 0. The third-order valence-electron chi connectivity index (χ3n) is 2.70. The van der Waals surface area contributed by atoms with Gasteiger partial charge in [-0.15, -0.1) is 0 Å². The van der Waals surface area contributed by atoms with Crippen LogP contribution in [-0.2, 0) is 4.79 Å². The molecular weight excluding hydrogens is 196 g/mol. The van der Waals surface area contributed by atoms with Crippen LogP contribution in [0.2, 0.25) is 0 Å². The number of rotatable bonds is 6. The van der Waals surface area contributed by atoms with Gasteiger partial charge in [-0.25, -0.2) is 0 Å². The van der Waals surface area contributed by atoms with Crippen LogP contribution >= 0.6 is 11.8 Å². The molecule has 0 unspecified atom stereocenters. The highest BCUT2D eigenvalue weighted by atomic mass is 32.2. The molecule has 0 saturated heterocycles. The minimum atomic E-state index is 0.200. The average Bonchev–Trinajstić information content (AvgIpc) is 2.93. The Hall–Kier alpha value is -0.220. The molecule has 1 rings (SSSR count). The number of hydrogen-bond donors (Lipinski definition) is 1. The third kappa shape index (κ3) is 3.50. The lowest BCUT2D eigenvalue weighted by Crippen LogP contribution is -2.31. The van der Waals surface area contributed by atoms with Crippen LogP contribution in [0.1, 0.15) is 19.3 Å². The summed E-state index contributed by atoms with van der Waals surface area (Å²) in [5.74, 6) is 0.200. The van der Waals surface area contributed by atoms with Gasteiger partial charge in [-0.3, -0.25) is 4.79 Å². The zero-order chi connectivity index (χ0) is 10.6. The van der Waals surface area contributed by atoms with Gasteiger partial charge < -0.3 is 10.2 Å². The van der Waals surface area contributed by atoms with E-state index in [9.17, 15) is 4.79 Å². The number of carbonyl (C=O) groups is 1. The molecule has 0 bridgehead atoms.